The highest BCUT2D eigenvalue weighted by Crippen LogP contribution is 2.21. The number of hydrogen-bond donors (Lipinski definition) is 1. The normalized spacial score (nSPS) is 11.3. The Labute approximate surface area is 143 Å². The number of nitrogens with one attached hydrogen (secondary N) is 1. The first-order chi connectivity index (χ1) is 11.5. The number of sulfonamides is 1. The lowest BCUT2D eigenvalue weighted by atomic mass is 10.1. The number of rotatable bonds is 8. The molecular formula is C18H23NO4S. The van der Waals surface area contributed by atoms with Gasteiger partial charge in [-0.2, -0.15) is 0 Å². The van der Waals surface area contributed by atoms with E-state index in [4.69, 9.17) is 9.47 Å². The Morgan fingerprint density at radius 2 is 1.83 bits per heavy atom. The van der Waals surface area contributed by atoms with Gasteiger partial charge in [0.15, 0.2) is 0 Å². The Morgan fingerprint density at radius 1 is 1.04 bits per heavy atom. The number of ether oxygens (including phenoxy) is 2. The van der Waals surface area contributed by atoms with Crippen LogP contribution in [-0.2, 0) is 16.4 Å². The van der Waals surface area contributed by atoms with Crippen LogP contribution in [0.25, 0.3) is 0 Å². The quantitative estimate of drug-likeness (QED) is 0.744. The van der Waals surface area contributed by atoms with Crippen LogP contribution < -0.4 is 14.2 Å². The van der Waals surface area contributed by atoms with E-state index >= 15 is 0 Å². The fraction of sp³-hybridized carbons (Fsp3) is 0.333. The van der Waals surface area contributed by atoms with Crippen LogP contribution in [0.15, 0.2) is 47.4 Å². The second kappa shape index (κ2) is 8.17. The van der Waals surface area contributed by atoms with Crippen molar-refractivity contribution >= 4 is 10.0 Å². The van der Waals surface area contributed by atoms with Gasteiger partial charge in [-0.3, -0.25) is 0 Å². The number of hydrogen-bond acceptors (Lipinski definition) is 4. The maximum Gasteiger partial charge on any atom is 0.240 e. The van der Waals surface area contributed by atoms with Crippen LogP contribution in [-0.4, -0.2) is 29.2 Å². The van der Waals surface area contributed by atoms with Gasteiger partial charge < -0.3 is 9.47 Å². The minimum atomic E-state index is -3.51. The maximum absolute atomic E-state index is 12.3. The van der Waals surface area contributed by atoms with Crippen LogP contribution in [0.3, 0.4) is 0 Å². The highest BCUT2D eigenvalue weighted by Gasteiger charge is 2.14. The molecule has 0 atom stereocenters. The van der Waals surface area contributed by atoms with E-state index in [1.165, 1.54) is 0 Å². The smallest absolute Gasteiger partial charge is 0.240 e. The van der Waals surface area contributed by atoms with Crippen molar-refractivity contribution in [2.24, 2.45) is 0 Å². The standard InChI is InChI=1S/C18H23NO4S/c1-14-12-17(9-10-18(14)23-3)24(20,21)19-11-5-7-15-6-4-8-16(13-15)22-2/h4,6,8-10,12-13,19H,5,7,11H2,1-3H3. The molecule has 0 unspecified atom stereocenters. The average Bonchev–Trinajstić information content (AvgIpc) is 2.59. The summed E-state index contributed by atoms with van der Waals surface area (Å²) in [5, 5.41) is 0. The van der Waals surface area contributed by atoms with E-state index in [-0.39, 0.29) is 4.90 Å². The van der Waals surface area contributed by atoms with E-state index in [0.717, 1.165) is 23.3 Å². The van der Waals surface area contributed by atoms with Crippen molar-refractivity contribution in [2.45, 2.75) is 24.7 Å². The van der Waals surface area contributed by atoms with Gasteiger partial charge in [-0.25, -0.2) is 13.1 Å². The lowest BCUT2D eigenvalue weighted by Gasteiger charge is -2.10. The van der Waals surface area contributed by atoms with Crippen molar-refractivity contribution in [3.63, 3.8) is 0 Å². The number of methoxy groups -OCH3 is 2. The Balaban J connectivity index is 1.92. The van der Waals surface area contributed by atoms with E-state index in [2.05, 4.69) is 4.72 Å². The topological polar surface area (TPSA) is 64.6 Å². The molecule has 130 valence electrons. The fourth-order valence-corrected chi connectivity index (χ4v) is 3.59. The monoisotopic (exact) mass is 349 g/mol. The molecule has 2 aromatic rings. The molecule has 0 amide bonds. The van der Waals surface area contributed by atoms with Crippen molar-refractivity contribution in [1.29, 1.82) is 0 Å². The summed E-state index contributed by atoms with van der Waals surface area (Å²) in [6.45, 7) is 2.20. The summed E-state index contributed by atoms with van der Waals surface area (Å²) in [5.74, 6) is 1.48. The molecule has 0 radical (unpaired) electrons. The zero-order valence-corrected chi connectivity index (χ0v) is 15.0. The molecule has 0 aromatic heterocycles. The van der Waals surface area contributed by atoms with Gasteiger partial charge in [-0.05, 0) is 61.2 Å². The van der Waals surface area contributed by atoms with E-state index < -0.39 is 10.0 Å². The Kier molecular flexibility index (Phi) is 6.23. The summed E-state index contributed by atoms with van der Waals surface area (Å²) >= 11 is 0. The SMILES string of the molecule is COc1cccc(CCCNS(=O)(=O)c2ccc(OC)c(C)c2)c1. The third kappa shape index (κ3) is 4.72. The summed E-state index contributed by atoms with van der Waals surface area (Å²) < 4.78 is 37.6. The molecule has 24 heavy (non-hydrogen) atoms. The van der Waals surface area contributed by atoms with E-state index in [1.807, 2.05) is 31.2 Å². The predicted molar refractivity (Wildman–Crippen MR) is 94.2 cm³/mol. The molecule has 6 heteroatoms. The largest absolute Gasteiger partial charge is 0.497 e. The molecule has 0 saturated carbocycles. The second-order valence-corrected chi connectivity index (χ2v) is 7.25. The second-order valence-electron chi connectivity index (χ2n) is 5.48. The third-order valence-electron chi connectivity index (χ3n) is 3.75. The van der Waals surface area contributed by atoms with Gasteiger partial charge in [0.05, 0.1) is 19.1 Å². The van der Waals surface area contributed by atoms with Crippen molar-refractivity contribution in [3.8, 4) is 11.5 Å². The predicted octanol–water partition coefficient (Wildman–Crippen LogP) is 2.92. The molecule has 5 nitrogen and oxygen atoms in total. The van der Waals surface area contributed by atoms with Gasteiger partial charge in [0.1, 0.15) is 11.5 Å². The van der Waals surface area contributed by atoms with Gasteiger partial charge in [-0.1, -0.05) is 12.1 Å². The molecule has 1 N–H and O–H groups in total. The van der Waals surface area contributed by atoms with Gasteiger partial charge in [0.25, 0.3) is 0 Å². The van der Waals surface area contributed by atoms with Crippen LogP contribution in [0.2, 0.25) is 0 Å². The van der Waals surface area contributed by atoms with Crippen LogP contribution in [0.1, 0.15) is 17.5 Å². The van der Waals surface area contributed by atoms with Gasteiger partial charge in [0.2, 0.25) is 10.0 Å². The first-order valence-electron chi connectivity index (χ1n) is 7.73. The van der Waals surface area contributed by atoms with Gasteiger partial charge in [0, 0.05) is 6.54 Å². The summed E-state index contributed by atoms with van der Waals surface area (Å²) in [4.78, 5) is 0.252. The average molecular weight is 349 g/mol. The molecule has 2 rings (SSSR count). The van der Waals surface area contributed by atoms with Crippen molar-refractivity contribution in [3.05, 3.63) is 53.6 Å². The van der Waals surface area contributed by atoms with Crippen LogP contribution in [0.4, 0.5) is 0 Å². The van der Waals surface area contributed by atoms with E-state index in [1.54, 1.807) is 32.4 Å². The third-order valence-corrected chi connectivity index (χ3v) is 5.20. The molecule has 2 aromatic carbocycles. The van der Waals surface area contributed by atoms with E-state index in [9.17, 15) is 8.42 Å². The highest BCUT2D eigenvalue weighted by molar-refractivity contribution is 7.89. The molecule has 0 heterocycles. The van der Waals surface area contributed by atoms with Crippen molar-refractivity contribution in [2.75, 3.05) is 20.8 Å². The number of aryl methyl sites for hydroxylation is 2. The minimum Gasteiger partial charge on any atom is -0.497 e. The molecule has 0 aliphatic heterocycles. The molecule has 0 spiro atoms. The van der Waals surface area contributed by atoms with Crippen LogP contribution >= 0.6 is 0 Å². The van der Waals surface area contributed by atoms with Crippen molar-refractivity contribution in [1.82, 2.24) is 4.72 Å². The van der Waals surface area contributed by atoms with Crippen molar-refractivity contribution < 1.29 is 17.9 Å². The summed E-state index contributed by atoms with van der Waals surface area (Å²) in [7, 11) is -0.313. The lowest BCUT2D eigenvalue weighted by molar-refractivity contribution is 0.411. The van der Waals surface area contributed by atoms with Crippen LogP contribution in [0.5, 0.6) is 11.5 Å². The lowest BCUT2D eigenvalue weighted by Crippen LogP contribution is -2.25. The molecule has 0 saturated heterocycles. The molecular weight excluding hydrogens is 326 g/mol. The minimum absolute atomic E-state index is 0.252. The maximum atomic E-state index is 12.3. The van der Waals surface area contributed by atoms with Crippen LogP contribution in [0, 0.1) is 6.92 Å². The van der Waals surface area contributed by atoms with Gasteiger partial charge >= 0.3 is 0 Å². The zero-order chi connectivity index (χ0) is 17.6. The molecule has 0 fully saturated rings. The molecule has 0 aliphatic rings. The first kappa shape index (κ1) is 18.3. The Bertz CT molecular complexity index is 787. The Morgan fingerprint density at radius 3 is 2.50 bits per heavy atom. The fourth-order valence-electron chi connectivity index (χ4n) is 2.43. The van der Waals surface area contributed by atoms with Gasteiger partial charge in [-0.15, -0.1) is 0 Å². The molecule has 0 bridgehead atoms. The highest BCUT2D eigenvalue weighted by atomic mass is 32.2. The number of benzene rings is 2. The first-order valence-corrected chi connectivity index (χ1v) is 9.22. The summed E-state index contributed by atoms with van der Waals surface area (Å²) in [6.07, 6.45) is 1.49. The summed E-state index contributed by atoms with van der Waals surface area (Å²) in [5.41, 5.74) is 1.91. The van der Waals surface area contributed by atoms with E-state index in [0.29, 0.717) is 18.7 Å². The molecule has 0 aliphatic carbocycles. The summed E-state index contributed by atoms with van der Waals surface area (Å²) in [6, 6.07) is 12.6. The zero-order valence-electron chi connectivity index (χ0n) is 14.2. The Hall–Kier alpha value is -2.05.